The van der Waals surface area contributed by atoms with Gasteiger partial charge in [-0.05, 0) is 63.4 Å². The van der Waals surface area contributed by atoms with Crippen LogP contribution in [0.25, 0.3) is 0 Å². The predicted octanol–water partition coefficient (Wildman–Crippen LogP) is 4.21. The number of likely N-dealkylation sites (tertiary alicyclic amines) is 1. The van der Waals surface area contributed by atoms with E-state index in [4.69, 9.17) is 9.47 Å². The van der Waals surface area contributed by atoms with E-state index in [1.807, 2.05) is 74.2 Å². The number of para-hydroxylation sites is 2. The van der Waals surface area contributed by atoms with Crippen molar-refractivity contribution < 1.29 is 19.1 Å². The molecule has 2 aliphatic rings. The summed E-state index contributed by atoms with van der Waals surface area (Å²) in [6, 6.07) is 15.4. The van der Waals surface area contributed by atoms with Crippen molar-refractivity contribution in [2.75, 3.05) is 24.5 Å². The minimum atomic E-state index is -0.0755. The highest BCUT2D eigenvalue weighted by Gasteiger charge is 2.33. The monoisotopic (exact) mass is 451 g/mol. The lowest BCUT2D eigenvalue weighted by atomic mass is 9.96. The largest absolute Gasteiger partial charge is 0.491 e. The summed E-state index contributed by atoms with van der Waals surface area (Å²) in [4.78, 5) is 29.6. The number of hydrogen-bond acceptors (Lipinski definition) is 4. The standard InChI is InChI=1S/C26H33N3O4/c1-18(2)32-22-10-8-20(9-11-22)16-27-25(30)21-12-14-28(15-13-21)26(31)29-17-19(3)33-24-7-5-4-6-23(24)29/h4-11,18-19,21H,12-17H2,1-3H3,(H,27,30)/t19-/m0/s1. The van der Waals surface area contributed by atoms with Gasteiger partial charge in [-0.2, -0.15) is 0 Å². The van der Waals surface area contributed by atoms with Gasteiger partial charge in [0.15, 0.2) is 0 Å². The van der Waals surface area contributed by atoms with E-state index in [0.29, 0.717) is 39.0 Å². The number of anilines is 1. The van der Waals surface area contributed by atoms with E-state index in [2.05, 4.69) is 5.32 Å². The Morgan fingerprint density at radius 1 is 1.09 bits per heavy atom. The van der Waals surface area contributed by atoms with E-state index >= 15 is 0 Å². The predicted molar refractivity (Wildman–Crippen MR) is 128 cm³/mol. The summed E-state index contributed by atoms with van der Waals surface area (Å²) in [7, 11) is 0. The molecule has 4 rings (SSSR count). The zero-order chi connectivity index (χ0) is 23.4. The summed E-state index contributed by atoms with van der Waals surface area (Å²) in [5.41, 5.74) is 1.84. The third-order valence-corrected chi connectivity index (χ3v) is 6.05. The highest BCUT2D eigenvalue weighted by atomic mass is 16.5. The molecule has 2 heterocycles. The Balaban J connectivity index is 1.27. The van der Waals surface area contributed by atoms with Gasteiger partial charge < -0.3 is 19.7 Å². The van der Waals surface area contributed by atoms with E-state index in [1.54, 1.807) is 4.90 Å². The van der Waals surface area contributed by atoms with Crippen LogP contribution in [0.2, 0.25) is 0 Å². The molecule has 33 heavy (non-hydrogen) atoms. The summed E-state index contributed by atoms with van der Waals surface area (Å²) in [5.74, 6) is 1.54. The third kappa shape index (κ3) is 5.59. The molecule has 7 heteroatoms. The minimum absolute atomic E-state index is 0.0137. The van der Waals surface area contributed by atoms with Gasteiger partial charge in [0.1, 0.15) is 17.6 Å². The van der Waals surface area contributed by atoms with E-state index in [-0.39, 0.29) is 30.1 Å². The summed E-state index contributed by atoms with van der Waals surface area (Å²) >= 11 is 0. The number of ether oxygens (including phenoxy) is 2. The number of benzene rings is 2. The van der Waals surface area contributed by atoms with Gasteiger partial charge >= 0.3 is 6.03 Å². The van der Waals surface area contributed by atoms with E-state index < -0.39 is 0 Å². The Hall–Kier alpha value is -3.22. The Bertz CT molecular complexity index is 968. The van der Waals surface area contributed by atoms with Gasteiger partial charge in [-0.3, -0.25) is 9.69 Å². The van der Waals surface area contributed by atoms with Crippen LogP contribution in [0.3, 0.4) is 0 Å². The van der Waals surface area contributed by atoms with Crippen LogP contribution in [0.5, 0.6) is 11.5 Å². The number of rotatable bonds is 5. The van der Waals surface area contributed by atoms with Crippen LogP contribution in [0.1, 0.15) is 39.2 Å². The number of amides is 3. The summed E-state index contributed by atoms with van der Waals surface area (Å²) in [6.45, 7) is 8.12. The van der Waals surface area contributed by atoms with Crippen molar-refractivity contribution in [2.24, 2.45) is 5.92 Å². The van der Waals surface area contributed by atoms with Crippen LogP contribution >= 0.6 is 0 Å². The van der Waals surface area contributed by atoms with E-state index in [9.17, 15) is 9.59 Å². The molecular weight excluding hydrogens is 418 g/mol. The van der Waals surface area contributed by atoms with Crippen LogP contribution in [0, 0.1) is 5.92 Å². The number of carbonyl (C=O) groups is 2. The van der Waals surface area contributed by atoms with Crippen LogP contribution in [-0.4, -0.2) is 48.7 Å². The molecule has 0 bridgehead atoms. The highest BCUT2D eigenvalue weighted by molar-refractivity contribution is 5.94. The van der Waals surface area contributed by atoms with Crippen molar-refractivity contribution in [1.29, 1.82) is 0 Å². The maximum atomic E-state index is 13.2. The van der Waals surface area contributed by atoms with Gasteiger partial charge in [0.25, 0.3) is 0 Å². The first-order valence-corrected chi connectivity index (χ1v) is 11.8. The Kier molecular flexibility index (Phi) is 7.06. The zero-order valence-electron chi connectivity index (χ0n) is 19.6. The van der Waals surface area contributed by atoms with Crippen molar-refractivity contribution in [3.05, 3.63) is 54.1 Å². The number of piperidine rings is 1. The van der Waals surface area contributed by atoms with Gasteiger partial charge in [-0.15, -0.1) is 0 Å². The number of carbonyl (C=O) groups excluding carboxylic acids is 2. The number of fused-ring (bicyclic) bond motifs is 1. The molecule has 1 saturated heterocycles. The second kappa shape index (κ2) is 10.1. The summed E-state index contributed by atoms with van der Waals surface area (Å²) < 4.78 is 11.5. The number of urea groups is 1. The molecule has 2 aliphatic heterocycles. The lowest BCUT2D eigenvalue weighted by Crippen LogP contribution is -2.52. The van der Waals surface area contributed by atoms with Crippen LogP contribution < -0.4 is 19.7 Å². The zero-order valence-corrected chi connectivity index (χ0v) is 19.6. The van der Waals surface area contributed by atoms with Gasteiger partial charge in [-0.1, -0.05) is 24.3 Å². The summed E-state index contributed by atoms with van der Waals surface area (Å²) in [6.07, 6.45) is 1.41. The maximum absolute atomic E-state index is 13.2. The van der Waals surface area contributed by atoms with Gasteiger partial charge in [0.2, 0.25) is 5.91 Å². The topological polar surface area (TPSA) is 71.1 Å². The fraction of sp³-hybridized carbons (Fsp3) is 0.462. The van der Waals surface area contributed by atoms with Crippen LogP contribution in [0.4, 0.5) is 10.5 Å². The van der Waals surface area contributed by atoms with Crippen molar-refractivity contribution in [3.8, 4) is 11.5 Å². The van der Waals surface area contributed by atoms with Crippen molar-refractivity contribution >= 4 is 17.6 Å². The van der Waals surface area contributed by atoms with Crippen molar-refractivity contribution in [2.45, 2.75) is 52.4 Å². The average molecular weight is 452 g/mol. The molecule has 0 aliphatic carbocycles. The lowest BCUT2D eigenvalue weighted by Gasteiger charge is -2.39. The molecule has 1 N–H and O–H groups in total. The first kappa shape index (κ1) is 23.0. The van der Waals surface area contributed by atoms with Crippen LogP contribution in [-0.2, 0) is 11.3 Å². The molecular formula is C26H33N3O4. The second-order valence-electron chi connectivity index (χ2n) is 9.08. The fourth-order valence-corrected chi connectivity index (χ4v) is 4.37. The minimum Gasteiger partial charge on any atom is -0.491 e. The number of nitrogens with zero attached hydrogens (tertiary/aromatic N) is 2. The normalized spacial score (nSPS) is 18.5. The quantitative estimate of drug-likeness (QED) is 0.739. The maximum Gasteiger partial charge on any atom is 0.324 e. The Morgan fingerprint density at radius 2 is 1.79 bits per heavy atom. The second-order valence-corrected chi connectivity index (χ2v) is 9.08. The molecule has 2 aromatic rings. The smallest absolute Gasteiger partial charge is 0.324 e. The average Bonchev–Trinajstić information content (AvgIpc) is 2.82. The molecule has 1 atom stereocenters. The van der Waals surface area contributed by atoms with Crippen molar-refractivity contribution in [3.63, 3.8) is 0 Å². The summed E-state index contributed by atoms with van der Waals surface area (Å²) in [5, 5.41) is 3.05. The molecule has 1 fully saturated rings. The molecule has 0 aromatic heterocycles. The van der Waals surface area contributed by atoms with Crippen molar-refractivity contribution in [1.82, 2.24) is 10.2 Å². The molecule has 0 unspecified atom stereocenters. The molecule has 7 nitrogen and oxygen atoms in total. The highest BCUT2D eigenvalue weighted by Crippen LogP contribution is 2.34. The fourth-order valence-electron chi connectivity index (χ4n) is 4.37. The lowest BCUT2D eigenvalue weighted by molar-refractivity contribution is -0.126. The number of nitrogens with one attached hydrogen (secondary N) is 1. The molecule has 176 valence electrons. The van der Waals surface area contributed by atoms with E-state index in [1.165, 1.54) is 0 Å². The molecule has 0 saturated carbocycles. The molecule has 3 amide bonds. The molecule has 0 spiro atoms. The first-order chi connectivity index (χ1) is 15.9. The van der Waals surface area contributed by atoms with Gasteiger partial charge in [0.05, 0.1) is 18.3 Å². The number of hydrogen-bond donors (Lipinski definition) is 1. The third-order valence-electron chi connectivity index (χ3n) is 6.05. The van der Waals surface area contributed by atoms with Gasteiger partial charge in [0, 0.05) is 25.6 Å². The van der Waals surface area contributed by atoms with E-state index in [0.717, 1.165) is 22.7 Å². The molecule has 0 radical (unpaired) electrons. The Labute approximate surface area is 195 Å². The van der Waals surface area contributed by atoms with Crippen LogP contribution in [0.15, 0.2) is 48.5 Å². The Morgan fingerprint density at radius 3 is 2.48 bits per heavy atom. The first-order valence-electron chi connectivity index (χ1n) is 11.8. The SMILES string of the molecule is CC(C)Oc1ccc(CNC(=O)C2CCN(C(=O)N3C[C@H](C)Oc4ccccc43)CC2)cc1. The van der Waals surface area contributed by atoms with Gasteiger partial charge in [-0.25, -0.2) is 4.79 Å². The molecule has 2 aromatic carbocycles.